The number of benzene rings is 2. The largest absolute Gasteiger partial charge is 0.309 e. The molecule has 0 fully saturated rings. The number of nitrogens with one attached hydrogen (secondary N) is 1. The summed E-state index contributed by atoms with van der Waals surface area (Å²) in [5.41, 5.74) is 5.08. The fourth-order valence-corrected chi connectivity index (χ4v) is 2.86. The van der Waals surface area contributed by atoms with Gasteiger partial charge in [0.15, 0.2) is 0 Å². The van der Waals surface area contributed by atoms with Gasteiger partial charge in [0.05, 0.1) is 11.1 Å². The quantitative estimate of drug-likeness (QED) is 0.828. The summed E-state index contributed by atoms with van der Waals surface area (Å²) in [5, 5.41) is 4.11. The lowest BCUT2D eigenvalue weighted by Crippen LogP contribution is -2.18. The summed E-state index contributed by atoms with van der Waals surface area (Å²) in [5.74, 6) is 0. The first-order valence-corrected chi connectivity index (χ1v) is 7.39. The molecule has 2 rings (SSSR count). The minimum Gasteiger partial charge on any atom is -0.309 e. The van der Waals surface area contributed by atoms with Gasteiger partial charge >= 0.3 is 0 Å². The zero-order valence-corrected chi connectivity index (χ0v) is 13.6. The van der Waals surface area contributed by atoms with Gasteiger partial charge < -0.3 is 5.32 Å². The van der Waals surface area contributed by atoms with Crippen LogP contribution in [0.15, 0.2) is 40.9 Å². The molecule has 0 aliphatic carbocycles. The van der Waals surface area contributed by atoms with Gasteiger partial charge in [-0.25, -0.2) is 0 Å². The highest BCUT2D eigenvalue weighted by atomic mass is 79.9. The van der Waals surface area contributed by atoms with E-state index in [2.05, 4.69) is 65.4 Å². The van der Waals surface area contributed by atoms with Crippen LogP contribution in [0.3, 0.4) is 0 Å². The Hall–Kier alpha value is -0.830. The summed E-state index contributed by atoms with van der Waals surface area (Å²) >= 11 is 9.55. The molecule has 0 aliphatic heterocycles. The molecule has 0 amide bonds. The van der Waals surface area contributed by atoms with E-state index in [1.165, 1.54) is 22.3 Å². The van der Waals surface area contributed by atoms with Gasteiger partial charge in [0.1, 0.15) is 0 Å². The van der Waals surface area contributed by atoms with Gasteiger partial charge in [0, 0.05) is 4.47 Å². The molecule has 0 aromatic heterocycles. The Labute approximate surface area is 128 Å². The zero-order valence-electron chi connectivity index (χ0n) is 11.3. The van der Waals surface area contributed by atoms with Gasteiger partial charge in [-0.1, -0.05) is 41.4 Å². The predicted octanol–water partition coefficient (Wildman–Crippen LogP) is 5.03. The van der Waals surface area contributed by atoms with Crippen molar-refractivity contribution in [2.75, 3.05) is 7.05 Å². The Morgan fingerprint density at radius 2 is 1.84 bits per heavy atom. The minimum atomic E-state index is 0.175. The van der Waals surface area contributed by atoms with Crippen LogP contribution >= 0.6 is 27.5 Å². The van der Waals surface area contributed by atoms with Crippen molar-refractivity contribution < 1.29 is 0 Å². The summed E-state index contributed by atoms with van der Waals surface area (Å²) in [6.45, 7) is 4.27. The maximum atomic E-state index is 6.06. The standard InChI is InChI=1S/C16H17BrClN/c1-10-4-6-13(11(2)8-10)16(19-3)12-5-7-15(18)14(17)9-12/h4-9,16,19H,1-3H3. The first-order valence-electron chi connectivity index (χ1n) is 6.22. The molecule has 0 saturated carbocycles. The van der Waals surface area contributed by atoms with Crippen LogP contribution in [0, 0.1) is 13.8 Å². The Balaban J connectivity index is 2.46. The van der Waals surface area contributed by atoms with Crippen LogP contribution in [0.5, 0.6) is 0 Å². The fourth-order valence-electron chi connectivity index (χ4n) is 2.34. The highest BCUT2D eigenvalue weighted by Crippen LogP contribution is 2.30. The van der Waals surface area contributed by atoms with Crippen molar-refractivity contribution in [2.45, 2.75) is 19.9 Å². The van der Waals surface area contributed by atoms with E-state index in [1.807, 2.05) is 13.1 Å². The third-order valence-corrected chi connectivity index (χ3v) is 4.52. The number of rotatable bonds is 3. The average Bonchev–Trinajstić information content (AvgIpc) is 2.37. The molecule has 0 bridgehead atoms. The van der Waals surface area contributed by atoms with Crippen LogP contribution < -0.4 is 5.32 Å². The summed E-state index contributed by atoms with van der Waals surface area (Å²) in [7, 11) is 1.98. The van der Waals surface area contributed by atoms with Crippen LogP contribution in [0.2, 0.25) is 5.02 Å². The molecule has 2 aromatic carbocycles. The monoisotopic (exact) mass is 337 g/mol. The van der Waals surface area contributed by atoms with Gasteiger partial charge in [-0.05, 0) is 65.6 Å². The Morgan fingerprint density at radius 1 is 1.11 bits per heavy atom. The van der Waals surface area contributed by atoms with Crippen LogP contribution in [0.4, 0.5) is 0 Å². The van der Waals surface area contributed by atoms with Crippen molar-refractivity contribution in [3.63, 3.8) is 0 Å². The summed E-state index contributed by atoms with van der Waals surface area (Å²) in [6.07, 6.45) is 0. The van der Waals surface area contributed by atoms with Gasteiger partial charge in [-0.2, -0.15) is 0 Å². The normalized spacial score (nSPS) is 12.5. The molecule has 3 heteroatoms. The average molecular weight is 339 g/mol. The van der Waals surface area contributed by atoms with Gasteiger partial charge in [-0.3, -0.25) is 0 Å². The maximum absolute atomic E-state index is 6.06. The Morgan fingerprint density at radius 3 is 2.42 bits per heavy atom. The van der Waals surface area contributed by atoms with Gasteiger partial charge in [0.25, 0.3) is 0 Å². The van der Waals surface area contributed by atoms with Crippen LogP contribution in [0.1, 0.15) is 28.3 Å². The highest BCUT2D eigenvalue weighted by Gasteiger charge is 2.15. The van der Waals surface area contributed by atoms with E-state index in [9.17, 15) is 0 Å². The highest BCUT2D eigenvalue weighted by molar-refractivity contribution is 9.10. The first kappa shape index (κ1) is 14.6. The molecule has 0 spiro atoms. The van der Waals surface area contributed by atoms with Crippen molar-refractivity contribution >= 4 is 27.5 Å². The zero-order chi connectivity index (χ0) is 14.0. The van der Waals surface area contributed by atoms with E-state index in [-0.39, 0.29) is 6.04 Å². The van der Waals surface area contributed by atoms with Crippen molar-refractivity contribution in [3.8, 4) is 0 Å². The molecule has 0 aliphatic rings. The van der Waals surface area contributed by atoms with Gasteiger partial charge in [-0.15, -0.1) is 0 Å². The molecule has 19 heavy (non-hydrogen) atoms. The Kier molecular flexibility index (Phi) is 4.67. The molecule has 1 atom stereocenters. The van der Waals surface area contributed by atoms with E-state index in [0.29, 0.717) is 0 Å². The predicted molar refractivity (Wildman–Crippen MR) is 86.0 cm³/mol. The van der Waals surface area contributed by atoms with Crippen molar-refractivity contribution in [2.24, 2.45) is 0 Å². The van der Waals surface area contributed by atoms with Crippen molar-refractivity contribution in [1.29, 1.82) is 0 Å². The molecule has 1 N–H and O–H groups in total. The molecule has 0 radical (unpaired) electrons. The number of hydrogen-bond acceptors (Lipinski definition) is 1. The third-order valence-electron chi connectivity index (χ3n) is 3.30. The molecule has 100 valence electrons. The van der Waals surface area contributed by atoms with Gasteiger partial charge in [0.2, 0.25) is 0 Å². The van der Waals surface area contributed by atoms with E-state index >= 15 is 0 Å². The van der Waals surface area contributed by atoms with Crippen molar-refractivity contribution in [3.05, 3.63) is 68.1 Å². The minimum absolute atomic E-state index is 0.175. The second-order valence-electron chi connectivity index (χ2n) is 4.76. The number of halogens is 2. The van der Waals surface area contributed by atoms with Crippen LogP contribution in [0.25, 0.3) is 0 Å². The molecule has 1 nitrogen and oxygen atoms in total. The first-order chi connectivity index (χ1) is 9.02. The third kappa shape index (κ3) is 3.19. The Bertz CT molecular complexity index is 595. The van der Waals surface area contributed by atoms with Crippen LogP contribution in [-0.2, 0) is 0 Å². The van der Waals surface area contributed by atoms with E-state index in [4.69, 9.17) is 11.6 Å². The molecule has 0 saturated heterocycles. The van der Waals surface area contributed by atoms with E-state index in [1.54, 1.807) is 0 Å². The summed E-state index contributed by atoms with van der Waals surface area (Å²) < 4.78 is 0.927. The maximum Gasteiger partial charge on any atom is 0.0577 e. The lowest BCUT2D eigenvalue weighted by Gasteiger charge is -2.20. The lowest BCUT2D eigenvalue weighted by atomic mass is 9.94. The number of aryl methyl sites for hydroxylation is 2. The second kappa shape index (κ2) is 6.08. The van der Waals surface area contributed by atoms with E-state index in [0.717, 1.165) is 9.50 Å². The summed E-state index contributed by atoms with van der Waals surface area (Å²) in [4.78, 5) is 0. The lowest BCUT2D eigenvalue weighted by molar-refractivity contribution is 0.687. The fraction of sp³-hybridized carbons (Fsp3) is 0.250. The van der Waals surface area contributed by atoms with Crippen LogP contribution in [-0.4, -0.2) is 7.05 Å². The molecule has 1 unspecified atom stereocenters. The summed E-state index contributed by atoms with van der Waals surface area (Å²) in [6, 6.07) is 12.8. The molecular formula is C16H17BrClN. The molecule has 0 heterocycles. The second-order valence-corrected chi connectivity index (χ2v) is 6.02. The number of hydrogen-bond donors (Lipinski definition) is 1. The molecular weight excluding hydrogens is 322 g/mol. The van der Waals surface area contributed by atoms with Crippen molar-refractivity contribution in [1.82, 2.24) is 5.32 Å². The molecule has 2 aromatic rings. The SMILES string of the molecule is CNC(c1ccc(Cl)c(Br)c1)c1ccc(C)cc1C. The topological polar surface area (TPSA) is 12.0 Å². The van der Waals surface area contributed by atoms with E-state index < -0.39 is 0 Å². The smallest absolute Gasteiger partial charge is 0.0577 e.